The molecule has 2 rings (SSSR count). The monoisotopic (exact) mass is 344 g/mol. The van der Waals surface area contributed by atoms with Gasteiger partial charge in [-0.15, -0.1) is 11.3 Å². The number of nitrogens with two attached hydrogens (primary N) is 1. The molecule has 2 aromatic rings. The lowest BCUT2D eigenvalue weighted by Gasteiger charge is -2.15. The molecule has 1 heterocycles. The van der Waals surface area contributed by atoms with Gasteiger partial charge >= 0.3 is 0 Å². The van der Waals surface area contributed by atoms with Crippen LogP contribution in [-0.4, -0.2) is 8.42 Å². The molecule has 0 spiro atoms. The highest BCUT2D eigenvalue weighted by molar-refractivity contribution is 7.89. The molecule has 0 fully saturated rings. The molecule has 0 radical (unpaired) electrons. The maximum absolute atomic E-state index is 12.5. The van der Waals surface area contributed by atoms with E-state index in [4.69, 9.17) is 17.3 Å². The van der Waals surface area contributed by atoms with Crippen molar-refractivity contribution in [1.82, 2.24) is 4.72 Å². The van der Waals surface area contributed by atoms with E-state index in [1.165, 1.54) is 6.07 Å². The Morgan fingerprint density at radius 3 is 2.52 bits per heavy atom. The van der Waals surface area contributed by atoms with Crippen molar-refractivity contribution < 1.29 is 8.42 Å². The number of thiophene rings is 1. The van der Waals surface area contributed by atoms with Crippen LogP contribution in [0.3, 0.4) is 0 Å². The highest BCUT2D eigenvalue weighted by Gasteiger charge is 2.22. The number of benzene rings is 1. The smallest absolute Gasteiger partial charge is 0.241 e. The van der Waals surface area contributed by atoms with Crippen LogP contribution in [0.4, 0.5) is 5.69 Å². The highest BCUT2D eigenvalue weighted by Crippen LogP contribution is 2.28. The minimum absolute atomic E-state index is 0.118. The predicted molar refractivity (Wildman–Crippen MR) is 88.4 cm³/mol. The van der Waals surface area contributed by atoms with Crippen molar-refractivity contribution in [2.24, 2.45) is 0 Å². The zero-order valence-corrected chi connectivity index (χ0v) is 14.4. The van der Waals surface area contributed by atoms with Crippen molar-refractivity contribution in [2.45, 2.75) is 31.7 Å². The summed E-state index contributed by atoms with van der Waals surface area (Å²) in [7, 11) is -3.68. The Morgan fingerprint density at radius 1 is 1.29 bits per heavy atom. The van der Waals surface area contributed by atoms with Crippen LogP contribution in [0.1, 0.15) is 28.3 Å². The fourth-order valence-corrected chi connectivity index (χ4v) is 4.76. The second-order valence-electron chi connectivity index (χ2n) is 4.91. The minimum Gasteiger partial charge on any atom is -0.398 e. The Balaban J connectivity index is 2.35. The molecule has 0 saturated carbocycles. The fourth-order valence-electron chi connectivity index (χ4n) is 1.99. The number of nitrogens with one attached hydrogen (secondary N) is 1. The molecule has 0 amide bonds. The summed E-state index contributed by atoms with van der Waals surface area (Å²) >= 11 is 7.48. The van der Waals surface area contributed by atoms with Gasteiger partial charge < -0.3 is 5.73 Å². The first-order valence-corrected chi connectivity index (χ1v) is 9.03. The van der Waals surface area contributed by atoms with Crippen molar-refractivity contribution >= 4 is 38.6 Å². The van der Waals surface area contributed by atoms with Crippen LogP contribution in [0.25, 0.3) is 0 Å². The third-order valence-corrected chi connectivity index (χ3v) is 6.24. The molecule has 0 aliphatic heterocycles. The van der Waals surface area contributed by atoms with Gasteiger partial charge in [-0.25, -0.2) is 13.1 Å². The largest absolute Gasteiger partial charge is 0.398 e. The summed E-state index contributed by atoms with van der Waals surface area (Å²) in [6.07, 6.45) is 0. The lowest BCUT2D eigenvalue weighted by atomic mass is 10.2. The van der Waals surface area contributed by atoms with Crippen molar-refractivity contribution in [1.29, 1.82) is 0 Å². The van der Waals surface area contributed by atoms with Gasteiger partial charge in [0.1, 0.15) is 0 Å². The maximum atomic E-state index is 12.5. The lowest BCUT2D eigenvalue weighted by Crippen LogP contribution is -2.27. The Bertz CT molecular complexity index is 769. The maximum Gasteiger partial charge on any atom is 0.241 e. The molecule has 1 atom stereocenters. The Hall–Kier alpha value is -1.08. The molecule has 7 heteroatoms. The molecule has 0 aliphatic carbocycles. The number of halogens is 1. The number of anilines is 1. The molecule has 1 aromatic carbocycles. The molecule has 4 nitrogen and oxygen atoms in total. The molecule has 1 aromatic heterocycles. The third-order valence-electron chi connectivity index (χ3n) is 3.17. The fraction of sp³-hybridized carbons (Fsp3) is 0.286. The van der Waals surface area contributed by atoms with E-state index in [0.29, 0.717) is 16.3 Å². The van der Waals surface area contributed by atoms with Crippen LogP contribution in [0, 0.1) is 13.8 Å². The van der Waals surface area contributed by atoms with Crippen LogP contribution in [0.5, 0.6) is 0 Å². The van der Waals surface area contributed by atoms with Gasteiger partial charge in [-0.3, -0.25) is 0 Å². The van der Waals surface area contributed by atoms with Crippen molar-refractivity contribution in [2.75, 3.05) is 5.73 Å². The predicted octanol–water partition coefficient (Wildman–Crippen LogP) is 3.64. The normalized spacial score (nSPS) is 13.3. The highest BCUT2D eigenvalue weighted by atomic mass is 35.5. The second-order valence-corrected chi connectivity index (χ2v) is 8.35. The Kier molecular flexibility index (Phi) is 4.63. The van der Waals surface area contributed by atoms with E-state index >= 15 is 0 Å². The third kappa shape index (κ3) is 3.58. The van der Waals surface area contributed by atoms with Crippen LogP contribution >= 0.6 is 22.9 Å². The first-order valence-electron chi connectivity index (χ1n) is 6.35. The zero-order valence-electron chi connectivity index (χ0n) is 12.0. The molecular weight excluding hydrogens is 328 g/mol. The molecule has 0 saturated heterocycles. The van der Waals surface area contributed by atoms with E-state index in [-0.39, 0.29) is 10.9 Å². The van der Waals surface area contributed by atoms with Crippen LogP contribution < -0.4 is 10.5 Å². The molecular formula is C14H17ClN2O2S2. The van der Waals surface area contributed by atoms with E-state index in [1.54, 1.807) is 24.3 Å². The van der Waals surface area contributed by atoms with Crippen LogP contribution in [0.2, 0.25) is 5.02 Å². The second kappa shape index (κ2) is 5.96. The van der Waals surface area contributed by atoms with Crippen LogP contribution in [-0.2, 0) is 10.0 Å². The number of aryl methyl sites for hydroxylation is 1. The first kappa shape index (κ1) is 16.3. The molecule has 114 valence electrons. The summed E-state index contributed by atoms with van der Waals surface area (Å²) < 4.78 is 27.7. The topological polar surface area (TPSA) is 72.2 Å². The van der Waals surface area contributed by atoms with E-state index in [9.17, 15) is 8.42 Å². The van der Waals surface area contributed by atoms with Gasteiger partial charge in [0.2, 0.25) is 10.0 Å². The van der Waals surface area contributed by atoms with Gasteiger partial charge in [0.05, 0.1) is 10.9 Å². The van der Waals surface area contributed by atoms with Gasteiger partial charge in [0.15, 0.2) is 0 Å². The summed E-state index contributed by atoms with van der Waals surface area (Å²) in [5.41, 5.74) is 6.65. The summed E-state index contributed by atoms with van der Waals surface area (Å²) in [5.74, 6) is 0. The minimum atomic E-state index is -3.68. The van der Waals surface area contributed by atoms with Gasteiger partial charge in [-0.05, 0) is 50.6 Å². The number of sulfonamides is 1. The Morgan fingerprint density at radius 2 is 1.95 bits per heavy atom. The average Bonchev–Trinajstić information content (AvgIpc) is 2.80. The van der Waals surface area contributed by atoms with E-state index in [1.807, 2.05) is 26.0 Å². The van der Waals surface area contributed by atoms with Crippen molar-refractivity contribution in [3.63, 3.8) is 0 Å². The molecule has 0 bridgehead atoms. The Labute approximate surface area is 134 Å². The van der Waals surface area contributed by atoms with E-state index in [0.717, 1.165) is 9.75 Å². The van der Waals surface area contributed by atoms with Gasteiger partial charge in [0, 0.05) is 20.5 Å². The number of hydrogen-bond acceptors (Lipinski definition) is 4. The van der Waals surface area contributed by atoms with Crippen molar-refractivity contribution in [3.8, 4) is 0 Å². The van der Waals surface area contributed by atoms with Crippen LogP contribution in [0.15, 0.2) is 29.2 Å². The average molecular weight is 345 g/mol. The molecule has 0 aliphatic rings. The molecule has 1 unspecified atom stereocenters. The van der Waals surface area contributed by atoms with Gasteiger partial charge in [0.25, 0.3) is 0 Å². The van der Waals surface area contributed by atoms with Crippen molar-refractivity contribution in [3.05, 3.63) is 44.6 Å². The number of nitrogen functional groups attached to an aromatic ring is 1. The summed E-state index contributed by atoms with van der Waals surface area (Å²) in [6.45, 7) is 5.46. The summed E-state index contributed by atoms with van der Waals surface area (Å²) in [4.78, 5) is 2.22. The van der Waals surface area contributed by atoms with E-state index < -0.39 is 10.0 Å². The van der Waals surface area contributed by atoms with Gasteiger partial charge in [-0.1, -0.05) is 11.6 Å². The zero-order chi connectivity index (χ0) is 15.8. The SMILES string of the molecule is Cc1ccc(C(C)NS(=O)(=O)c2cc(Cl)cc(N)c2C)s1. The number of hydrogen-bond donors (Lipinski definition) is 2. The van der Waals surface area contributed by atoms with Gasteiger partial charge in [-0.2, -0.15) is 0 Å². The molecule has 3 N–H and O–H groups in total. The summed E-state index contributed by atoms with van der Waals surface area (Å²) in [5, 5.41) is 0.304. The quantitative estimate of drug-likeness (QED) is 0.832. The lowest BCUT2D eigenvalue weighted by molar-refractivity contribution is 0.568. The molecule has 21 heavy (non-hydrogen) atoms. The number of rotatable bonds is 4. The first-order chi connectivity index (χ1) is 9.70. The standard InChI is InChI=1S/C14H17ClN2O2S2/c1-8-4-5-13(20-8)10(3)17-21(18,19)14-7-11(15)6-12(16)9(14)2/h4-7,10,17H,16H2,1-3H3. The summed E-state index contributed by atoms with van der Waals surface area (Å²) in [6, 6.07) is 6.54. The van der Waals surface area contributed by atoms with E-state index in [2.05, 4.69) is 4.72 Å².